The summed E-state index contributed by atoms with van der Waals surface area (Å²) in [6, 6.07) is 0.368. The Labute approximate surface area is 70.9 Å². The lowest BCUT2D eigenvalue weighted by Gasteiger charge is -2.18. The second-order valence-electron chi connectivity index (χ2n) is 3.20. The van der Waals surface area contributed by atoms with Crippen LogP contribution < -0.4 is 11.6 Å². The molecule has 0 radical (unpaired) electrons. The molecule has 3 nitrogen and oxygen atoms in total. The van der Waals surface area contributed by atoms with Gasteiger partial charge in [-0.25, -0.2) is 0 Å². The van der Waals surface area contributed by atoms with E-state index in [1.807, 2.05) is 0 Å². The molecule has 4 heteroatoms. The van der Waals surface area contributed by atoms with E-state index in [1.54, 1.807) is 16.4 Å². The molecule has 0 aromatic rings. The fourth-order valence-electron chi connectivity index (χ4n) is 1.61. The summed E-state index contributed by atoms with van der Waals surface area (Å²) >= 11 is 1.66. The molecule has 0 amide bonds. The zero-order chi connectivity index (χ0) is 7.84. The number of hydrazine groups is 1. The quantitative estimate of drug-likeness (QED) is 0.414. The summed E-state index contributed by atoms with van der Waals surface area (Å²) < 4.78 is 1.79. The van der Waals surface area contributed by atoms with Crippen LogP contribution in [0.5, 0.6) is 0 Å². The Hall–Kier alpha value is -0.0300. The van der Waals surface area contributed by atoms with Crippen molar-refractivity contribution in [2.45, 2.75) is 25.3 Å². The van der Waals surface area contributed by atoms with Crippen LogP contribution in [0.3, 0.4) is 0 Å². The summed E-state index contributed by atoms with van der Waals surface area (Å²) in [5, 5.41) is 0. The van der Waals surface area contributed by atoms with E-state index in [0.717, 1.165) is 25.8 Å². The van der Waals surface area contributed by atoms with E-state index in [0.29, 0.717) is 6.04 Å². The zero-order valence-electron chi connectivity index (χ0n) is 6.42. The van der Waals surface area contributed by atoms with Crippen molar-refractivity contribution in [3.63, 3.8) is 0 Å². The molecular weight excluding hydrogens is 158 g/mol. The van der Waals surface area contributed by atoms with Gasteiger partial charge in [0.2, 0.25) is 0 Å². The Kier molecular flexibility index (Phi) is 1.93. The van der Waals surface area contributed by atoms with Gasteiger partial charge in [-0.3, -0.25) is 5.84 Å². The molecular formula is C7H13N3S. The molecule has 11 heavy (non-hydrogen) atoms. The van der Waals surface area contributed by atoms with Crippen molar-refractivity contribution in [1.82, 2.24) is 4.41 Å². The maximum Gasteiger partial charge on any atom is 0.0467 e. The van der Waals surface area contributed by atoms with E-state index in [-0.39, 0.29) is 0 Å². The molecule has 0 aromatic carbocycles. The first-order valence-corrected chi connectivity index (χ1v) is 4.70. The summed E-state index contributed by atoms with van der Waals surface area (Å²) in [6.07, 6.45) is 3.32. The van der Waals surface area contributed by atoms with Gasteiger partial charge in [0.25, 0.3) is 0 Å². The van der Waals surface area contributed by atoms with Crippen molar-refractivity contribution in [2.24, 2.45) is 11.6 Å². The second-order valence-corrected chi connectivity index (χ2v) is 4.34. The van der Waals surface area contributed by atoms with Crippen molar-refractivity contribution in [1.29, 1.82) is 0 Å². The molecule has 0 fully saturated rings. The van der Waals surface area contributed by atoms with Gasteiger partial charge in [-0.1, -0.05) is 0 Å². The number of nitrogens with two attached hydrogens (primary N) is 2. The normalized spacial score (nSPS) is 32.7. The van der Waals surface area contributed by atoms with Crippen molar-refractivity contribution in [2.75, 3.05) is 6.54 Å². The summed E-state index contributed by atoms with van der Waals surface area (Å²) in [5.74, 6) is 5.65. The topological polar surface area (TPSA) is 55.3 Å². The average molecular weight is 171 g/mol. The molecule has 0 spiro atoms. The third-order valence-corrected chi connectivity index (χ3v) is 3.27. The molecule has 0 bridgehead atoms. The van der Waals surface area contributed by atoms with E-state index < -0.39 is 0 Å². The van der Waals surface area contributed by atoms with Gasteiger partial charge in [-0.15, -0.1) is 0 Å². The van der Waals surface area contributed by atoms with Gasteiger partial charge in [0.1, 0.15) is 0 Å². The minimum Gasteiger partial charge on any atom is -0.327 e. The largest absolute Gasteiger partial charge is 0.327 e. The van der Waals surface area contributed by atoms with Crippen molar-refractivity contribution in [3.05, 3.63) is 10.5 Å². The van der Waals surface area contributed by atoms with Crippen LogP contribution in [0.25, 0.3) is 0 Å². The number of nitrogens with zero attached hydrogens (tertiary/aromatic N) is 1. The molecule has 0 aromatic heterocycles. The van der Waals surface area contributed by atoms with Crippen LogP contribution in [0, 0.1) is 0 Å². The van der Waals surface area contributed by atoms with E-state index in [1.165, 1.54) is 10.5 Å². The van der Waals surface area contributed by atoms with Crippen LogP contribution in [0.1, 0.15) is 19.3 Å². The van der Waals surface area contributed by atoms with Gasteiger partial charge in [0.05, 0.1) is 0 Å². The van der Waals surface area contributed by atoms with Crippen LogP contribution in [-0.4, -0.2) is 17.0 Å². The monoisotopic (exact) mass is 171 g/mol. The molecule has 1 atom stereocenters. The van der Waals surface area contributed by atoms with Gasteiger partial charge >= 0.3 is 0 Å². The van der Waals surface area contributed by atoms with Gasteiger partial charge in [0, 0.05) is 17.5 Å². The Morgan fingerprint density at radius 3 is 3.18 bits per heavy atom. The minimum absolute atomic E-state index is 0.368. The van der Waals surface area contributed by atoms with E-state index >= 15 is 0 Å². The molecule has 2 aliphatic rings. The van der Waals surface area contributed by atoms with Crippen LogP contribution in [0.4, 0.5) is 0 Å². The van der Waals surface area contributed by atoms with Gasteiger partial charge in [-0.05, 0) is 36.8 Å². The molecule has 0 saturated heterocycles. The third kappa shape index (κ3) is 1.44. The van der Waals surface area contributed by atoms with Gasteiger partial charge in [-0.2, -0.15) is 4.41 Å². The smallest absolute Gasteiger partial charge is 0.0467 e. The number of rotatable bonds is 0. The lowest BCUT2D eigenvalue weighted by molar-refractivity contribution is 0.524. The Bertz CT molecular complexity index is 202. The predicted octanol–water partition coefficient (Wildman–Crippen LogP) is 0.589. The second kappa shape index (κ2) is 2.79. The highest BCUT2D eigenvalue weighted by Crippen LogP contribution is 2.38. The van der Waals surface area contributed by atoms with Crippen molar-refractivity contribution in [3.8, 4) is 0 Å². The zero-order valence-corrected chi connectivity index (χ0v) is 7.23. The SMILES string of the molecule is NC1CCC2=C(C1)SN(N)C2. The van der Waals surface area contributed by atoms with E-state index in [9.17, 15) is 0 Å². The molecule has 4 N–H and O–H groups in total. The molecule has 0 saturated carbocycles. The number of hydrogen-bond donors (Lipinski definition) is 2. The van der Waals surface area contributed by atoms with Crippen LogP contribution in [0.2, 0.25) is 0 Å². The first-order chi connectivity index (χ1) is 5.25. The summed E-state index contributed by atoms with van der Waals surface area (Å²) in [4.78, 5) is 1.42. The Morgan fingerprint density at radius 1 is 1.55 bits per heavy atom. The molecule has 2 rings (SSSR count). The predicted molar refractivity (Wildman–Crippen MR) is 47.3 cm³/mol. The molecule has 1 aliphatic heterocycles. The van der Waals surface area contributed by atoms with E-state index in [4.69, 9.17) is 11.6 Å². The van der Waals surface area contributed by atoms with Gasteiger partial charge < -0.3 is 5.73 Å². The number of hydrogen-bond acceptors (Lipinski definition) is 4. The molecule has 1 unspecified atom stereocenters. The standard InChI is InChI=1S/C7H13N3S/c8-6-2-1-5-4-10(9)11-7(5)3-6/h6H,1-4,8-9H2. The first kappa shape index (κ1) is 7.61. The highest BCUT2D eigenvalue weighted by atomic mass is 32.2. The Balaban J connectivity index is 2.10. The third-order valence-electron chi connectivity index (χ3n) is 2.23. The fourth-order valence-corrected chi connectivity index (χ4v) is 2.70. The minimum atomic E-state index is 0.368. The maximum atomic E-state index is 5.83. The van der Waals surface area contributed by atoms with E-state index in [2.05, 4.69) is 0 Å². The lowest BCUT2D eigenvalue weighted by Crippen LogP contribution is -2.23. The van der Waals surface area contributed by atoms with Crippen molar-refractivity contribution < 1.29 is 0 Å². The highest BCUT2D eigenvalue weighted by Gasteiger charge is 2.25. The summed E-state index contributed by atoms with van der Waals surface area (Å²) in [5.41, 5.74) is 7.34. The van der Waals surface area contributed by atoms with Crippen LogP contribution in [0.15, 0.2) is 10.5 Å². The van der Waals surface area contributed by atoms with Gasteiger partial charge in [0.15, 0.2) is 0 Å². The molecule has 1 heterocycles. The van der Waals surface area contributed by atoms with Crippen molar-refractivity contribution >= 4 is 11.9 Å². The fraction of sp³-hybridized carbons (Fsp3) is 0.714. The van der Waals surface area contributed by atoms with Crippen LogP contribution in [-0.2, 0) is 0 Å². The maximum absolute atomic E-state index is 5.83. The lowest BCUT2D eigenvalue weighted by atomic mass is 9.96. The first-order valence-electron chi connectivity index (χ1n) is 3.92. The molecule has 62 valence electrons. The summed E-state index contributed by atoms with van der Waals surface area (Å²) in [6.45, 7) is 0.937. The highest BCUT2D eigenvalue weighted by molar-refractivity contribution is 8.01. The summed E-state index contributed by atoms with van der Waals surface area (Å²) in [7, 11) is 0. The Morgan fingerprint density at radius 2 is 2.36 bits per heavy atom. The molecule has 1 aliphatic carbocycles. The average Bonchev–Trinajstić information content (AvgIpc) is 2.27. The van der Waals surface area contributed by atoms with Crippen LogP contribution >= 0.6 is 11.9 Å².